The van der Waals surface area contributed by atoms with E-state index in [0.29, 0.717) is 5.75 Å². The number of rotatable bonds is 4. The number of nitrogens with zero attached hydrogens (tertiary/aromatic N) is 1. The fourth-order valence-electron chi connectivity index (χ4n) is 2.46. The normalized spacial score (nSPS) is 18.2. The van der Waals surface area contributed by atoms with Crippen molar-refractivity contribution >= 4 is 45.2 Å². The van der Waals surface area contributed by atoms with Gasteiger partial charge in [-0.25, -0.2) is 0 Å². The second-order valence-electron chi connectivity index (χ2n) is 4.65. The van der Waals surface area contributed by atoms with Crippen molar-refractivity contribution in [2.24, 2.45) is 0 Å². The molecular formula is C14H18I2N2O. The van der Waals surface area contributed by atoms with Crippen molar-refractivity contribution in [3.63, 3.8) is 0 Å². The van der Waals surface area contributed by atoms with Gasteiger partial charge in [0, 0.05) is 41.4 Å². The molecule has 5 heteroatoms. The maximum Gasteiger partial charge on any atom is 0.133 e. The minimum Gasteiger partial charge on any atom is -0.506 e. The second-order valence-corrected chi connectivity index (χ2v) is 7.06. The standard InChI is InChI=1S/C14H18I2N2O/c1-2-3-13(18-6-4-17-5-7-18)11-8-10(15)9-12(16)14(11)19/h2,8-9,13,17,19H,1,3-7H2/t13-/m0/s1. The summed E-state index contributed by atoms with van der Waals surface area (Å²) < 4.78 is 2.09. The Kier molecular flexibility index (Phi) is 5.91. The van der Waals surface area contributed by atoms with Gasteiger partial charge in [-0.3, -0.25) is 4.90 Å². The lowest BCUT2D eigenvalue weighted by Gasteiger charge is -2.35. The molecule has 1 atom stereocenters. The van der Waals surface area contributed by atoms with Crippen LogP contribution in [0.25, 0.3) is 0 Å². The van der Waals surface area contributed by atoms with Crippen LogP contribution in [0.1, 0.15) is 18.0 Å². The van der Waals surface area contributed by atoms with Crippen molar-refractivity contribution < 1.29 is 5.11 Å². The molecule has 1 aromatic rings. The maximum absolute atomic E-state index is 10.4. The van der Waals surface area contributed by atoms with Crippen LogP contribution in [0.2, 0.25) is 0 Å². The van der Waals surface area contributed by atoms with Crippen LogP contribution in [0.5, 0.6) is 5.75 Å². The third-order valence-electron chi connectivity index (χ3n) is 3.40. The van der Waals surface area contributed by atoms with E-state index in [1.165, 1.54) is 3.57 Å². The van der Waals surface area contributed by atoms with Gasteiger partial charge in [-0.05, 0) is 63.7 Å². The third-order valence-corrected chi connectivity index (χ3v) is 4.84. The molecule has 19 heavy (non-hydrogen) atoms. The molecule has 1 heterocycles. The van der Waals surface area contributed by atoms with Crippen molar-refractivity contribution in [3.8, 4) is 5.75 Å². The molecule has 0 amide bonds. The minimum absolute atomic E-state index is 0.225. The van der Waals surface area contributed by atoms with Crippen LogP contribution in [-0.4, -0.2) is 36.2 Å². The molecule has 2 N–H and O–H groups in total. The number of phenolic OH excluding ortho intramolecular Hbond substituents is 1. The molecule has 0 saturated carbocycles. The SMILES string of the molecule is C=CC[C@@H](c1cc(I)cc(I)c1O)N1CCNCC1. The maximum atomic E-state index is 10.4. The monoisotopic (exact) mass is 484 g/mol. The summed E-state index contributed by atoms with van der Waals surface area (Å²) in [6.07, 6.45) is 2.81. The highest BCUT2D eigenvalue weighted by Gasteiger charge is 2.24. The van der Waals surface area contributed by atoms with E-state index < -0.39 is 0 Å². The minimum atomic E-state index is 0.225. The van der Waals surface area contributed by atoms with E-state index >= 15 is 0 Å². The summed E-state index contributed by atoms with van der Waals surface area (Å²) in [6, 6.07) is 4.32. The summed E-state index contributed by atoms with van der Waals surface area (Å²) in [4.78, 5) is 2.43. The Hall–Kier alpha value is 0.140. The first kappa shape index (κ1) is 15.5. The predicted octanol–water partition coefficient (Wildman–Crippen LogP) is 3.12. The van der Waals surface area contributed by atoms with Crippen LogP contribution >= 0.6 is 45.2 Å². The van der Waals surface area contributed by atoms with Gasteiger partial charge in [0.15, 0.2) is 0 Å². The van der Waals surface area contributed by atoms with Gasteiger partial charge in [0.1, 0.15) is 5.75 Å². The third kappa shape index (κ3) is 3.83. The Bertz CT molecular complexity index is 459. The largest absolute Gasteiger partial charge is 0.506 e. The van der Waals surface area contributed by atoms with E-state index in [4.69, 9.17) is 0 Å². The number of nitrogens with one attached hydrogen (secondary N) is 1. The van der Waals surface area contributed by atoms with E-state index in [9.17, 15) is 5.11 Å². The summed E-state index contributed by atoms with van der Waals surface area (Å²) in [5.41, 5.74) is 1.03. The number of benzene rings is 1. The van der Waals surface area contributed by atoms with Crippen LogP contribution in [0.4, 0.5) is 0 Å². The molecule has 0 spiro atoms. The van der Waals surface area contributed by atoms with Crippen LogP contribution in [0.3, 0.4) is 0 Å². The van der Waals surface area contributed by atoms with Crippen molar-refractivity contribution in [3.05, 3.63) is 37.5 Å². The fourth-order valence-corrected chi connectivity index (χ4v) is 4.35. The quantitative estimate of drug-likeness (QED) is 0.510. The zero-order valence-electron chi connectivity index (χ0n) is 10.7. The molecular weight excluding hydrogens is 466 g/mol. The number of aromatic hydroxyl groups is 1. The van der Waals surface area contributed by atoms with Gasteiger partial charge in [-0.2, -0.15) is 0 Å². The zero-order chi connectivity index (χ0) is 13.8. The first-order valence-electron chi connectivity index (χ1n) is 6.37. The molecule has 1 fully saturated rings. The van der Waals surface area contributed by atoms with Gasteiger partial charge in [-0.1, -0.05) is 6.08 Å². The molecule has 104 valence electrons. The second kappa shape index (κ2) is 7.24. The average molecular weight is 484 g/mol. The van der Waals surface area contributed by atoms with Crippen molar-refractivity contribution in [1.29, 1.82) is 0 Å². The number of hydrogen-bond donors (Lipinski definition) is 2. The molecule has 0 bridgehead atoms. The summed E-state index contributed by atoms with van der Waals surface area (Å²) in [6.45, 7) is 7.91. The van der Waals surface area contributed by atoms with Gasteiger partial charge in [0.05, 0.1) is 3.57 Å². The smallest absolute Gasteiger partial charge is 0.133 e. The van der Waals surface area contributed by atoms with Gasteiger partial charge >= 0.3 is 0 Å². The Balaban J connectivity index is 2.34. The van der Waals surface area contributed by atoms with Gasteiger partial charge in [-0.15, -0.1) is 6.58 Å². The lowest BCUT2D eigenvalue weighted by atomic mass is 10.00. The number of hydrogen-bond acceptors (Lipinski definition) is 3. The van der Waals surface area contributed by atoms with Crippen LogP contribution in [0.15, 0.2) is 24.8 Å². The van der Waals surface area contributed by atoms with E-state index in [-0.39, 0.29) is 6.04 Å². The summed E-state index contributed by atoms with van der Waals surface area (Å²) in [5.74, 6) is 0.423. The molecule has 2 rings (SSSR count). The molecule has 0 unspecified atom stereocenters. The predicted molar refractivity (Wildman–Crippen MR) is 95.5 cm³/mol. The number of halogens is 2. The summed E-state index contributed by atoms with van der Waals surface area (Å²) in [7, 11) is 0. The van der Waals surface area contributed by atoms with Gasteiger partial charge in [0.25, 0.3) is 0 Å². The van der Waals surface area contributed by atoms with Gasteiger partial charge < -0.3 is 10.4 Å². The Labute approximate surface area is 141 Å². The highest BCUT2D eigenvalue weighted by Crippen LogP contribution is 2.36. The average Bonchev–Trinajstić information content (AvgIpc) is 2.41. The van der Waals surface area contributed by atoms with E-state index in [1.54, 1.807) is 0 Å². The van der Waals surface area contributed by atoms with Gasteiger partial charge in [0.2, 0.25) is 0 Å². The van der Waals surface area contributed by atoms with Crippen LogP contribution in [-0.2, 0) is 0 Å². The Morgan fingerprint density at radius 1 is 1.37 bits per heavy atom. The molecule has 1 aliphatic heterocycles. The zero-order valence-corrected chi connectivity index (χ0v) is 15.0. The van der Waals surface area contributed by atoms with Crippen molar-refractivity contribution in [2.45, 2.75) is 12.5 Å². The molecule has 1 aromatic carbocycles. The van der Waals surface area contributed by atoms with E-state index in [1.807, 2.05) is 12.1 Å². The lowest BCUT2D eigenvalue weighted by molar-refractivity contribution is 0.172. The molecule has 0 radical (unpaired) electrons. The molecule has 0 aliphatic carbocycles. The molecule has 1 saturated heterocycles. The summed E-state index contributed by atoms with van der Waals surface area (Å²) >= 11 is 4.50. The van der Waals surface area contributed by atoms with Crippen molar-refractivity contribution in [2.75, 3.05) is 26.2 Å². The Morgan fingerprint density at radius 3 is 2.68 bits per heavy atom. The van der Waals surface area contributed by atoms with E-state index in [2.05, 4.69) is 68.0 Å². The first-order valence-corrected chi connectivity index (χ1v) is 8.52. The van der Waals surface area contributed by atoms with Crippen LogP contribution in [0, 0.1) is 7.14 Å². The first-order chi connectivity index (χ1) is 9.13. The van der Waals surface area contributed by atoms with E-state index in [0.717, 1.165) is 41.7 Å². The topological polar surface area (TPSA) is 35.5 Å². The molecule has 0 aromatic heterocycles. The van der Waals surface area contributed by atoms with Crippen LogP contribution < -0.4 is 5.32 Å². The number of phenols is 1. The molecule has 3 nitrogen and oxygen atoms in total. The summed E-state index contributed by atoms with van der Waals surface area (Å²) in [5, 5.41) is 13.7. The molecule has 1 aliphatic rings. The Morgan fingerprint density at radius 2 is 2.05 bits per heavy atom. The highest BCUT2D eigenvalue weighted by molar-refractivity contribution is 14.1. The van der Waals surface area contributed by atoms with Crippen molar-refractivity contribution in [1.82, 2.24) is 10.2 Å². The number of piperazine rings is 1. The highest BCUT2D eigenvalue weighted by atomic mass is 127. The lowest BCUT2D eigenvalue weighted by Crippen LogP contribution is -2.45. The fraction of sp³-hybridized carbons (Fsp3) is 0.429.